The van der Waals surface area contributed by atoms with E-state index in [1.165, 1.54) is 0 Å². The number of nitrogens with two attached hydrogens (primary N) is 1. The van der Waals surface area contributed by atoms with Gasteiger partial charge in [0, 0.05) is 32.2 Å². The molecule has 1 aromatic carbocycles. The zero-order valence-electron chi connectivity index (χ0n) is 14.7. The van der Waals surface area contributed by atoms with Crippen molar-refractivity contribution in [1.82, 2.24) is 9.80 Å². The van der Waals surface area contributed by atoms with Crippen LogP contribution in [-0.4, -0.2) is 55.0 Å². The standard InChI is InChI=1S/C18H26N4O3/c1-25-14-6-7-15(19)16(11-14)20-17(23)13-5-4-10-22(12-13)18(24)21-8-2-3-9-21/h6-7,11,13H,2-5,8-10,12,19H2,1H3,(H,20,23). The van der Waals surface area contributed by atoms with E-state index >= 15 is 0 Å². The summed E-state index contributed by atoms with van der Waals surface area (Å²) in [4.78, 5) is 28.9. The highest BCUT2D eigenvalue weighted by Crippen LogP contribution is 2.26. The fraction of sp³-hybridized carbons (Fsp3) is 0.556. The van der Waals surface area contributed by atoms with Gasteiger partial charge in [0.2, 0.25) is 5.91 Å². The Morgan fingerprint density at radius 1 is 1.16 bits per heavy atom. The summed E-state index contributed by atoms with van der Waals surface area (Å²) in [6.45, 7) is 2.84. The van der Waals surface area contributed by atoms with Crippen molar-refractivity contribution in [2.75, 3.05) is 44.3 Å². The number of nitrogen functional groups attached to an aromatic ring is 1. The molecule has 0 aromatic heterocycles. The fourth-order valence-corrected chi connectivity index (χ4v) is 3.48. The Morgan fingerprint density at radius 3 is 2.60 bits per heavy atom. The first-order valence-corrected chi connectivity index (χ1v) is 8.86. The Labute approximate surface area is 148 Å². The molecule has 3 rings (SSSR count). The smallest absolute Gasteiger partial charge is 0.320 e. The summed E-state index contributed by atoms with van der Waals surface area (Å²) in [6.07, 6.45) is 3.75. The van der Waals surface area contributed by atoms with E-state index in [4.69, 9.17) is 10.5 Å². The molecule has 1 aromatic rings. The summed E-state index contributed by atoms with van der Waals surface area (Å²) >= 11 is 0. The van der Waals surface area contributed by atoms with Gasteiger partial charge in [0.15, 0.2) is 0 Å². The Balaban J connectivity index is 1.63. The lowest BCUT2D eigenvalue weighted by Crippen LogP contribution is -2.48. The van der Waals surface area contributed by atoms with Crippen molar-refractivity contribution in [3.8, 4) is 5.75 Å². The Hall–Kier alpha value is -2.44. The minimum absolute atomic E-state index is 0.0656. The van der Waals surface area contributed by atoms with Gasteiger partial charge in [-0.1, -0.05) is 0 Å². The second-order valence-corrected chi connectivity index (χ2v) is 6.70. The molecule has 2 aliphatic rings. The van der Waals surface area contributed by atoms with Gasteiger partial charge in [-0.3, -0.25) is 4.79 Å². The number of hydrogen-bond acceptors (Lipinski definition) is 4. The number of methoxy groups -OCH3 is 1. The molecule has 0 aliphatic carbocycles. The third kappa shape index (κ3) is 3.97. The van der Waals surface area contributed by atoms with Crippen LogP contribution < -0.4 is 15.8 Å². The van der Waals surface area contributed by atoms with E-state index in [-0.39, 0.29) is 17.9 Å². The summed E-state index contributed by atoms with van der Waals surface area (Å²) < 4.78 is 5.18. The molecule has 0 spiro atoms. The number of rotatable bonds is 3. The van der Waals surface area contributed by atoms with E-state index in [9.17, 15) is 9.59 Å². The molecule has 25 heavy (non-hydrogen) atoms. The van der Waals surface area contributed by atoms with Gasteiger partial charge in [-0.25, -0.2) is 4.79 Å². The van der Waals surface area contributed by atoms with Gasteiger partial charge in [-0.05, 0) is 37.8 Å². The minimum atomic E-state index is -0.217. The van der Waals surface area contributed by atoms with Crippen molar-refractivity contribution in [2.45, 2.75) is 25.7 Å². The molecular weight excluding hydrogens is 320 g/mol. The van der Waals surface area contributed by atoms with Gasteiger partial charge in [-0.15, -0.1) is 0 Å². The molecule has 3 N–H and O–H groups in total. The molecule has 1 atom stereocenters. The first kappa shape index (κ1) is 17.4. The van der Waals surface area contributed by atoms with Gasteiger partial charge in [0.25, 0.3) is 0 Å². The average Bonchev–Trinajstić information content (AvgIpc) is 3.17. The van der Waals surface area contributed by atoms with Crippen LogP contribution in [0.25, 0.3) is 0 Å². The van der Waals surface area contributed by atoms with Gasteiger partial charge in [0.05, 0.1) is 24.4 Å². The van der Waals surface area contributed by atoms with E-state index in [1.54, 1.807) is 25.3 Å². The highest BCUT2D eigenvalue weighted by atomic mass is 16.5. The number of ether oxygens (including phenoxy) is 1. The quantitative estimate of drug-likeness (QED) is 0.821. The summed E-state index contributed by atoms with van der Waals surface area (Å²) in [6, 6.07) is 5.24. The van der Waals surface area contributed by atoms with E-state index in [1.807, 2.05) is 9.80 Å². The molecule has 2 saturated heterocycles. The van der Waals surface area contributed by atoms with Crippen molar-refractivity contribution in [1.29, 1.82) is 0 Å². The molecule has 0 bridgehead atoms. The molecule has 0 saturated carbocycles. The van der Waals surface area contributed by atoms with E-state index in [2.05, 4.69) is 5.32 Å². The number of benzene rings is 1. The zero-order valence-corrected chi connectivity index (χ0v) is 14.7. The first-order chi connectivity index (χ1) is 12.1. The average molecular weight is 346 g/mol. The van der Waals surface area contributed by atoms with Crippen LogP contribution in [0.5, 0.6) is 5.75 Å². The molecule has 2 fully saturated rings. The Morgan fingerprint density at radius 2 is 1.88 bits per heavy atom. The van der Waals surface area contributed by atoms with E-state index in [0.29, 0.717) is 23.7 Å². The summed E-state index contributed by atoms with van der Waals surface area (Å²) in [7, 11) is 1.57. The van der Waals surface area contributed by atoms with Crippen molar-refractivity contribution >= 4 is 23.3 Å². The monoisotopic (exact) mass is 346 g/mol. The first-order valence-electron chi connectivity index (χ1n) is 8.86. The number of anilines is 2. The van der Waals surface area contributed by atoms with Crippen molar-refractivity contribution in [2.24, 2.45) is 5.92 Å². The maximum Gasteiger partial charge on any atom is 0.320 e. The predicted octanol–water partition coefficient (Wildman–Crippen LogP) is 2.14. The number of urea groups is 1. The van der Waals surface area contributed by atoms with Crippen LogP contribution in [0.1, 0.15) is 25.7 Å². The summed E-state index contributed by atoms with van der Waals surface area (Å²) in [5, 5.41) is 2.89. The third-order valence-electron chi connectivity index (χ3n) is 4.96. The zero-order chi connectivity index (χ0) is 17.8. The number of carbonyl (C=O) groups excluding carboxylic acids is 2. The van der Waals surface area contributed by atoms with Gasteiger partial charge < -0.3 is 25.6 Å². The highest BCUT2D eigenvalue weighted by molar-refractivity contribution is 5.96. The second kappa shape index (κ2) is 7.63. The maximum absolute atomic E-state index is 12.6. The Bertz CT molecular complexity index is 643. The lowest BCUT2D eigenvalue weighted by molar-refractivity contribution is -0.121. The molecule has 1 unspecified atom stereocenters. The van der Waals surface area contributed by atoms with E-state index in [0.717, 1.165) is 45.3 Å². The van der Waals surface area contributed by atoms with Gasteiger partial charge >= 0.3 is 6.03 Å². The van der Waals surface area contributed by atoms with Crippen LogP contribution in [0.2, 0.25) is 0 Å². The van der Waals surface area contributed by atoms with Gasteiger partial charge in [-0.2, -0.15) is 0 Å². The van der Waals surface area contributed by atoms with Crippen LogP contribution in [0.3, 0.4) is 0 Å². The van der Waals surface area contributed by atoms with E-state index < -0.39 is 0 Å². The number of hydrogen-bond donors (Lipinski definition) is 2. The normalized spacial score (nSPS) is 20.4. The number of nitrogens with one attached hydrogen (secondary N) is 1. The van der Waals surface area contributed by atoms with Crippen LogP contribution in [0, 0.1) is 5.92 Å². The molecule has 7 heteroatoms. The SMILES string of the molecule is COc1ccc(N)c(NC(=O)C2CCCN(C(=O)N3CCCC3)C2)c1. The van der Waals surface area contributed by atoms with Crippen molar-refractivity contribution in [3.63, 3.8) is 0 Å². The molecule has 7 nitrogen and oxygen atoms in total. The number of amides is 3. The fourth-order valence-electron chi connectivity index (χ4n) is 3.48. The lowest BCUT2D eigenvalue weighted by atomic mass is 9.97. The van der Waals surface area contributed by atoms with Crippen LogP contribution in [-0.2, 0) is 4.79 Å². The maximum atomic E-state index is 12.6. The molecule has 3 amide bonds. The minimum Gasteiger partial charge on any atom is -0.497 e. The molecule has 2 heterocycles. The third-order valence-corrected chi connectivity index (χ3v) is 4.96. The molecule has 0 radical (unpaired) electrons. The highest BCUT2D eigenvalue weighted by Gasteiger charge is 2.31. The van der Waals surface area contributed by atoms with Crippen molar-refractivity contribution < 1.29 is 14.3 Å². The second-order valence-electron chi connectivity index (χ2n) is 6.70. The largest absolute Gasteiger partial charge is 0.497 e. The lowest BCUT2D eigenvalue weighted by Gasteiger charge is -2.34. The number of nitrogens with zero attached hydrogens (tertiary/aromatic N) is 2. The molecule has 2 aliphatic heterocycles. The number of carbonyl (C=O) groups is 2. The van der Waals surface area contributed by atoms with Crippen LogP contribution in [0.4, 0.5) is 16.2 Å². The molecule has 136 valence electrons. The predicted molar refractivity (Wildman–Crippen MR) is 96.5 cm³/mol. The number of piperidine rings is 1. The summed E-state index contributed by atoms with van der Waals surface area (Å²) in [5.41, 5.74) is 6.98. The number of likely N-dealkylation sites (tertiary alicyclic amines) is 2. The molecular formula is C18H26N4O3. The van der Waals surface area contributed by atoms with Gasteiger partial charge in [0.1, 0.15) is 5.75 Å². The topological polar surface area (TPSA) is 87.9 Å². The van der Waals surface area contributed by atoms with Crippen molar-refractivity contribution in [3.05, 3.63) is 18.2 Å². The Kier molecular flexibility index (Phi) is 5.31. The van der Waals surface area contributed by atoms with Crippen LogP contribution in [0.15, 0.2) is 18.2 Å². The van der Waals surface area contributed by atoms with Crippen LogP contribution >= 0.6 is 0 Å². The summed E-state index contributed by atoms with van der Waals surface area (Å²) in [5.74, 6) is 0.323.